The van der Waals surface area contributed by atoms with Gasteiger partial charge in [-0.25, -0.2) is 4.98 Å². The van der Waals surface area contributed by atoms with E-state index in [1.807, 2.05) is 6.07 Å². The lowest BCUT2D eigenvalue weighted by molar-refractivity contribution is -0.137. The zero-order valence-corrected chi connectivity index (χ0v) is 13.2. The van der Waals surface area contributed by atoms with Crippen LogP contribution in [0.2, 0.25) is 0 Å². The van der Waals surface area contributed by atoms with Crippen molar-refractivity contribution in [3.8, 4) is 6.07 Å². The summed E-state index contributed by atoms with van der Waals surface area (Å²) < 4.78 is 43.6. The highest BCUT2D eigenvalue weighted by atomic mass is 32.1. The van der Waals surface area contributed by atoms with Gasteiger partial charge in [-0.05, 0) is 25.1 Å². The van der Waals surface area contributed by atoms with Crippen LogP contribution >= 0.6 is 11.3 Å². The molecule has 1 heterocycles. The van der Waals surface area contributed by atoms with Gasteiger partial charge in [-0.1, -0.05) is 0 Å². The molecule has 0 bridgehead atoms. The number of ketones is 1. The minimum Gasteiger partial charge on any atom is -0.381 e. The zero-order valence-electron chi connectivity index (χ0n) is 12.3. The molecule has 1 aromatic carbocycles. The fourth-order valence-corrected chi connectivity index (χ4v) is 3.01. The summed E-state index contributed by atoms with van der Waals surface area (Å²) in [7, 11) is 1.45. The first-order chi connectivity index (χ1) is 10.8. The van der Waals surface area contributed by atoms with Gasteiger partial charge in [0.2, 0.25) is 0 Å². The number of hydrogen-bond donors (Lipinski definition) is 0. The Bertz CT molecular complexity index is 764. The molecule has 23 heavy (non-hydrogen) atoms. The molecule has 0 aliphatic heterocycles. The average molecular weight is 342 g/mol. The van der Waals surface area contributed by atoms with E-state index in [9.17, 15) is 23.2 Å². The highest BCUT2D eigenvalue weighted by molar-refractivity contribution is 7.18. The first-order valence-electron chi connectivity index (χ1n) is 6.69. The Balaban J connectivity index is 2.35. The highest BCUT2D eigenvalue weighted by Gasteiger charge is 2.31. The maximum atomic E-state index is 12.7. The highest BCUT2D eigenvalue weighted by Crippen LogP contribution is 2.34. The van der Waals surface area contributed by atoms with Crippen molar-refractivity contribution >= 4 is 27.3 Å². The Morgan fingerprint density at radius 3 is 2.74 bits per heavy atom. The van der Waals surface area contributed by atoms with Crippen LogP contribution in [0.25, 0.3) is 10.2 Å². The van der Waals surface area contributed by atoms with Gasteiger partial charge in [0.1, 0.15) is 5.01 Å². The van der Waals surface area contributed by atoms with Gasteiger partial charge in [0.15, 0.2) is 11.7 Å². The van der Waals surface area contributed by atoms with E-state index in [4.69, 9.17) is 4.74 Å². The van der Waals surface area contributed by atoms with Gasteiger partial charge >= 0.3 is 6.18 Å². The summed E-state index contributed by atoms with van der Waals surface area (Å²) in [5.74, 6) is -1.46. The number of halogens is 3. The van der Waals surface area contributed by atoms with Crippen LogP contribution in [0.4, 0.5) is 13.2 Å². The van der Waals surface area contributed by atoms with Crippen LogP contribution in [0.1, 0.15) is 29.8 Å². The molecule has 4 nitrogen and oxygen atoms in total. The van der Waals surface area contributed by atoms with Gasteiger partial charge < -0.3 is 4.74 Å². The van der Waals surface area contributed by atoms with Crippen LogP contribution in [-0.2, 0) is 15.7 Å². The minimum atomic E-state index is -4.46. The second-order valence-corrected chi connectivity index (χ2v) is 6.07. The third kappa shape index (κ3) is 3.86. The van der Waals surface area contributed by atoms with Gasteiger partial charge in [-0.2, -0.15) is 18.4 Å². The van der Waals surface area contributed by atoms with Crippen LogP contribution in [0.5, 0.6) is 0 Å². The standard InChI is InChI=1S/C15H13F3N2O2S/c1-8(22-2)5-12(21)10(7-19)14-20-11-6-9(15(16,17)18)3-4-13(11)23-14/h3-4,6,8,10H,5H2,1-2H3/t8-,10-/m0/s1. The van der Waals surface area contributed by atoms with Crippen molar-refractivity contribution in [2.75, 3.05) is 7.11 Å². The number of aromatic nitrogens is 1. The molecule has 0 unspecified atom stereocenters. The van der Waals surface area contributed by atoms with Crippen molar-refractivity contribution in [1.29, 1.82) is 5.26 Å². The molecule has 0 saturated heterocycles. The van der Waals surface area contributed by atoms with Crippen molar-refractivity contribution in [3.63, 3.8) is 0 Å². The number of nitrogens with zero attached hydrogens (tertiary/aromatic N) is 2. The van der Waals surface area contributed by atoms with Gasteiger partial charge in [-0.15, -0.1) is 11.3 Å². The second-order valence-electron chi connectivity index (χ2n) is 5.01. The number of Topliss-reactive ketones (excluding diaryl/α,β-unsaturated/α-hetero) is 1. The third-order valence-electron chi connectivity index (χ3n) is 3.32. The number of carbonyl (C=O) groups is 1. The SMILES string of the molecule is CO[C@@H](C)CC(=O)[C@H](C#N)c1nc2cc(C(F)(F)F)ccc2s1. The molecule has 2 aromatic rings. The van der Waals surface area contributed by atoms with E-state index in [0.717, 1.165) is 23.5 Å². The zero-order chi connectivity index (χ0) is 17.2. The number of benzene rings is 1. The Labute approximate surface area is 134 Å². The normalized spacial score (nSPS) is 14.4. The smallest absolute Gasteiger partial charge is 0.381 e. The summed E-state index contributed by atoms with van der Waals surface area (Å²) in [6, 6.07) is 5.06. The molecule has 1 aromatic heterocycles. The summed E-state index contributed by atoms with van der Waals surface area (Å²) in [4.78, 5) is 16.2. The van der Waals surface area contributed by atoms with Crippen LogP contribution in [0, 0.1) is 11.3 Å². The Morgan fingerprint density at radius 1 is 1.48 bits per heavy atom. The topological polar surface area (TPSA) is 63.0 Å². The van der Waals surface area contributed by atoms with Gasteiger partial charge in [0, 0.05) is 13.5 Å². The molecule has 0 radical (unpaired) electrons. The Kier molecular flexibility index (Phi) is 5.02. The lowest BCUT2D eigenvalue weighted by Crippen LogP contribution is -2.18. The number of nitriles is 1. The monoisotopic (exact) mass is 342 g/mol. The number of alkyl halides is 3. The lowest BCUT2D eigenvalue weighted by atomic mass is 10.0. The van der Waals surface area contributed by atoms with E-state index in [1.165, 1.54) is 13.2 Å². The van der Waals surface area contributed by atoms with Crippen molar-refractivity contribution in [2.45, 2.75) is 31.5 Å². The first-order valence-corrected chi connectivity index (χ1v) is 7.50. The number of rotatable bonds is 5. The molecular weight excluding hydrogens is 329 g/mol. The van der Waals surface area contributed by atoms with Crippen molar-refractivity contribution in [1.82, 2.24) is 4.98 Å². The molecule has 0 N–H and O–H groups in total. The van der Waals surface area contributed by atoms with Gasteiger partial charge in [0.05, 0.1) is 28.0 Å². The largest absolute Gasteiger partial charge is 0.416 e. The first kappa shape index (κ1) is 17.4. The number of thiazole rings is 1. The fourth-order valence-electron chi connectivity index (χ4n) is 1.99. The van der Waals surface area contributed by atoms with Crippen molar-refractivity contribution in [2.24, 2.45) is 0 Å². The van der Waals surface area contributed by atoms with Gasteiger partial charge in [0.25, 0.3) is 0 Å². The van der Waals surface area contributed by atoms with Crippen molar-refractivity contribution in [3.05, 3.63) is 28.8 Å². The third-order valence-corrected chi connectivity index (χ3v) is 4.42. The maximum absolute atomic E-state index is 12.7. The molecule has 0 spiro atoms. The summed E-state index contributed by atoms with van der Waals surface area (Å²) in [6.07, 6.45) is -4.76. The van der Waals surface area contributed by atoms with E-state index in [-0.39, 0.29) is 28.8 Å². The summed E-state index contributed by atoms with van der Waals surface area (Å²) in [5.41, 5.74) is -0.678. The molecule has 0 aliphatic carbocycles. The van der Waals surface area contributed by atoms with E-state index in [1.54, 1.807) is 6.92 Å². The van der Waals surface area contributed by atoms with Crippen LogP contribution in [0.3, 0.4) is 0 Å². The molecule has 2 atom stereocenters. The average Bonchev–Trinajstić information content (AvgIpc) is 2.89. The second kappa shape index (κ2) is 6.64. The molecular formula is C15H13F3N2O2S. The molecule has 0 fully saturated rings. The van der Waals surface area contributed by atoms with Gasteiger partial charge in [-0.3, -0.25) is 4.79 Å². The van der Waals surface area contributed by atoms with E-state index >= 15 is 0 Å². The number of carbonyl (C=O) groups excluding carboxylic acids is 1. The number of ether oxygens (including phenoxy) is 1. The number of methoxy groups -OCH3 is 1. The van der Waals surface area contributed by atoms with E-state index in [2.05, 4.69) is 4.98 Å². The molecule has 0 amide bonds. The van der Waals surface area contributed by atoms with Crippen LogP contribution < -0.4 is 0 Å². The minimum absolute atomic E-state index is 0.0401. The molecule has 8 heteroatoms. The fraction of sp³-hybridized carbons (Fsp3) is 0.400. The summed E-state index contributed by atoms with van der Waals surface area (Å²) in [6.45, 7) is 1.69. The molecule has 0 aliphatic rings. The van der Waals surface area contributed by atoms with E-state index in [0.29, 0.717) is 4.70 Å². The maximum Gasteiger partial charge on any atom is 0.416 e. The van der Waals surface area contributed by atoms with Crippen LogP contribution in [-0.4, -0.2) is 24.0 Å². The Hall–Kier alpha value is -1.98. The predicted molar refractivity (Wildman–Crippen MR) is 79.1 cm³/mol. The number of fused-ring (bicyclic) bond motifs is 1. The predicted octanol–water partition coefficient (Wildman–Crippen LogP) is 3.92. The summed E-state index contributed by atoms with van der Waals surface area (Å²) >= 11 is 1.05. The Morgan fingerprint density at radius 2 is 2.17 bits per heavy atom. The molecule has 122 valence electrons. The molecule has 0 saturated carbocycles. The quantitative estimate of drug-likeness (QED) is 0.826. The van der Waals surface area contributed by atoms with Crippen LogP contribution in [0.15, 0.2) is 18.2 Å². The summed E-state index contributed by atoms with van der Waals surface area (Å²) in [5, 5.41) is 9.42. The molecule has 2 rings (SSSR count). The van der Waals surface area contributed by atoms with E-state index < -0.39 is 17.7 Å². The number of hydrogen-bond acceptors (Lipinski definition) is 5. The van der Waals surface area contributed by atoms with Crippen molar-refractivity contribution < 1.29 is 22.7 Å². The lowest BCUT2D eigenvalue weighted by Gasteiger charge is -2.10.